The van der Waals surface area contributed by atoms with E-state index in [1.165, 1.54) is 6.07 Å². The minimum Gasteiger partial charge on any atom is -0.356 e. The van der Waals surface area contributed by atoms with Gasteiger partial charge in [-0.3, -0.25) is 9.69 Å². The number of rotatable bonds is 4. The average Bonchev–Trinajstić information content (AvgIpc) is 3.28. The number of carbonyl (C=O) groups excluding carboxylic acids is 1. The fraction of sp³-hybridized carbons (Fsp3) is 0.444. The highest BCUT2D eigenvalue weighted by Crippen LogP contribution is 2.32. The molecule has 28 heavy (non-hydrogen) atoms. The molecule has 3 unspecified atom stereocenters. The number of amides is 1. The summed E-state index contributed by atoms with van der Waals surface area (Å²) >= 11 is 5.83. The normalized spacial score (nSPS) is 24.4. The smallest absolute Gasteiger partial charge is 0.356 e. The summed E-state index contributed by atoms with van der Waals surface area (Å²) in [5.74, 6) is 0.291. The van der Waals surface area contributed by atoms with Gasteiger partial charge in [0.1, 0.15) is 11.5 Å². The van der Waals surface area contributed by atoms with Crippen molar-refractivity contribution in [1.29, 1.82) is 0 Å². The topological polar surface area (TPSA) is 64.3 Å². The van der Waals surface area contributed by atoms with E-state index in [1.807, 2.05) is 4.90 Å². The third kappa shape index (κ3) is 3.81. The van der Waals surface area contributed by atoms with Crippen LogP contribution in [-0.4, -0.2) is 59.0 Å². The Morgan fingerprint density at radius 3 is 2.82 bits per heavy atom. The number of alkyl halides is 3. The molecule has 0 radical (unpaired) electrons. The van der Waals surface area contributed by atoms with Crippen molar-refractivity contribution in [3.05, 3.63) is 46.9 Å². The molecule has 2 fully saturated rings. The van der Waals surface area contributed by atoms with E-state index in [0.717, 1.165) is 31.8 Å². The van der Waals surface area contributed by atoms with Crippen LogP contribution in [0.2, 0.25) is 5.02 Å². The number of carbonyl (C=O) groups is 1. The molecule has 4 rings (SSSR count). The molecule has 2 aromatic rings. The summed E-state index contributed by atoms with van der Waals surface area (Å²) in [4.78, 5) is 23.4. The van der Waals surface area contributed by atoms with E-state index in [1.54, 1.807) is 12.3 Å². The molecule has 1 amide bonds. The minimum absolute atomic E-state index is 0.0530. The van der Waals surface area contributed by atoms with Gasteiger partial charge in [0.05, 0.1) is 10.6 Å². The highest BCUT2D eigenvalue weighted by molar-refractivity contribution is 6.30. The number of fused-ring (bicyclic) bond motifs is 2. The summed E-state index contributed by atoms with van der Waals surface area (Å²) in [5, 5.41) is 3.36. The lowest BCUT2D eigenvalue weighted by Crippen LogP contribution is -2.56. The molecule has 3 atom stereocenters. The molecule has 2 aromatic heterocycles. The number of piperazine rings is 1. The molecule has 150 valence electrons. The number of anilines is 1. The summed E-state index contributed by atoms with van der Waals surface area (Å²) in [5.41, 5.74) is -0.365. The van der Waals surface area contributed by atoms with Crippen molar-refractivity contribution in [3.8, 4) is 0 Å². The maximum atomic E-state index is 12.8. The van der Waals surface area contributed by atoms with Gasteiger partial charge >= 0.3 is 6.18 Å². The van der Waals surface area contributed by atoms with Crippen LogP contribution in [0, 0.1) is 0 Å². The first-order chi connectivity index (χ1) is 13.3. The van der Waals surface area contributed by atoms with Gasteiger partial charge in [-0.05, 0) is 24.6 Å². The zero-order chi connectivity index (χ0) is 19.9. The third-order valence-corrected chi connectivity index (χ3v) is 5.54. The molecule has 0 saturated carbocycles. The van der Waals surface area contributed by atoms with E-state index < -0.39 is 11.7 Å². The van der Waals surface area contributed by atoms with Crippen LogP contribution in [0.4, 0.5) is 19.0 Å². The summed E-state index contributed by atoms with van der Waals surface area (Å²) in [7, 11) is 0. The molecule has 2 saturated heterocycles. The van der Waals surface area contributed by atoms with Gasteiger partial charge in [0.25, 0.3) is 5.91 Å². The Morgan fingerprint density at radius 1 is 1.36 bits per heavy atom. The van der Waals surface area contributed by atoms with Gasteiger partial charge in [-0.2, -0.15) is 13.2 Å². The second-order valence-corrected chi connectivity index (χ2v) is 7.52. The number of hydrogen-bond donors (Lipinski definition) is 2. The van der Waals surface area contributed by atoms with Crippen LogP contribution < -0.4 is 10.2 Å². The van der Waals surface area contributed by atoms with Gasteiger partial charge < -0.3 is 15.2 Å². The zero-order valence-corrected chi connectivity index (χ0v) is 15.6. The molecule has 0 aromatic carbocycles. The van der Waals surface area contributed by atoms with Gasteiger partial charge in [-0.25, -0.2) is 4.98 Å². The van der Waals surface area contributed by atoms with Crippen molar-refractivity contribution in [2.45, 2.75) is 24.7 Å². The highest BCUT2D eigenvalue weighted by atomic mass is 35.5. The lowest BCUT2D eigenvalue weighted by atomic mass is 10.1. The molecule has 2 aliphatic heterocycles. The molecule has 2 aliphatic rings. The van der Waals surface area contributed by atoms with Crippen LogP contribution in [0.25, 0.3) is 0 Å². The molecule has 6 nitrogen and oxygen atoms in total. The zero-order valence-electron chi connectivity index (χ0n) is 14.8. The van der Waals surface area contributed by atoms with E-state index in [2.05, 4.69) is 20.2 Å². The summed E-state index contributed by atoms with van der Waals surface area (Å²) in [6.45, 7) is 2.71. The van der Waals surface area contributed by atoms with Crippen LogP contribution in [0.1, 0.15) is 22.5 Å². The fourth-order valence-corrected chi connectivity index (χ4v) is 4.01. The molecule has 0 spiro atoms. The summed E-state index contributed by atoms with van der Waals surface area (Å²) in [6, 6.07) is 4.32. The van der Waals surface area contributed by atoms with Crippen molar-refractivity contribution >= 4 is 23.3 Å². The van der Waals surface area contributed by atoms with Crippen LogP contribution in [-0.2, 0) is 6.18 Å². The summed E-state index contributed by atoms with van der Waals surface area (Å²) in [6.07, 6.45) is -1.06. The Kier molecular flexibility index (Phi) is 4.96. The molecule has 4 heterocycles. The van der Waals surface area contributed by atoms with E-state index in [4.69, 9.17) is 11.6 Å². The Bertz CT molecular complexity index is 854. The monoisotopic (exact) mass is 413 g/mol. The van der Waals surface area contributed by atoms with Gasteiger partial charge in [-0.1, -0.05) is 11.6 Å². The molecule has 0 aliphatic carbocycles. The van der Waals surface area contributed by atoms with E-state index >= 15 is 0 Å². The number of aromatic nitrogens is 2. The van der Waals surface area contributed by atoms with Gasteiger partial charge in [0.15, 0.2) is 0 Å². The van der Waals surface area contributed by atoms with Crippen molar-refractivity contribution in [1.82, 2.24) is 20.2 Å². The van der Waals surface area contributed by atoms with E-state index in [-0.39, 0.29) is 18.0 Å². The lowest BCUT2D eigenvalue weighted by Gasteiger charge is -2.41. The van der Waals surface area contributed by atoms with E-state index in [0.29, 0.717) is 29.6 Å². The number of aromatic amines is 1. The maximum absolute atomic E-state index is 12.8. The van der Waals surface area contributed by atoms with Crippen molar-refractivity contribution < 1.29 is 18.0 Å². The van der Waals surface area contributed by atoms with Crippen LogP contribution in [0.5, 0.6) is 0 Å². The first-order valence-electron chi connectivity index (χ1n) is 8.97. The van der Waals surface area contributed by atoms with Crippen molar-refractivity contribution in [2.75, 3.05) is 31.1 Å². The van der Waals surface area contributed by atoms with Crippen LogP contribution in [0.3, 0.4) is 0 Å². The lowest BCUT2D eigenvalue weighted by molar-refractivity contribution is -0.137. The fourth-order valence-electron chi connectivity index (χ4n) is 3.85. The van der Waals surface area contributed by atoms with Crippen molar-refractivity contribution in [3.63, 3.8) is 0 Å². The standard InChI is InChI=1S/C18H19ClF3N5O/c19-12-5-15(23-7-12)17(28)25-8-14-10-27(13-3-4-26(14)9-13)16-2-1-11(6-24-16)18(20,21)22/h1-2,5-7,13-14,23H,3-4,8-10H2,(H,25,28). The second-order valence-electron chi connectivity index (χ2n) is 7.09. The van der Waals surface area contributed by atoms with Crippen LogP contribution in [0.15, 0.2) is 30.6 Å². The number of nitrogens with zero attached hydrogens (tertiary/aromatic N) is 3. The van der Waals surface area contributed by atoms with Gasteiger partial charge in [0.2, 0.25) is 0 Å². The Morgan fingerprint density at radius 2 is 2.18 bits per heavy atom. The quantitative estimate of drug-likeness (QED) is 0.809. The minimum atomic E-state index is -4.40. The first kappa shape index (κ1) is 19.1. The van der Waals surface area contributed by atoms with Gasteiger partial charge in [0, 0.05) is 50.7 Å². The Balaban J connectivity index is 1.43. The second kappa shape index (κ2) is 7.29. The molecular weight excluding hydrogens is 395 g/mol. The van der Waals surface area contributed by atoms with E-state index in [9.17, 15) is 18.0 Å². The average molecular weight is 414 g/mol. The number of H-pyrrole nitrogens is 1. The predicted octanol–water partition coefficient (Wildman–Crippen LogP) is 2.77. The highest BCUT2D eigenvalue weighted by Gasteiger charge is 2.39. The largest absolute Gasteiger partial charge is 0.417 e. The Hall–Kier alpha value is -2.26. The number of pyridine rings is 1. The van der Waals surface area contributed by atoms with Crippen LogP contribution >= 0.6 is 11.6 Å². The SMILES string of the molecule is O=C(NCC1CN(c2ccc(C(F)(F)F)cn2)C2CCN1C2)c1cc(Cl)c[nH]1. The molecule has 2 N–H and O–H groups in total. The van der Waals surface area contributed by atoms with Gasteiger partial charge in [-0.15, -0.1) is 0 Å². The maximum Gasteiger partial charge on any atom is 0.417 e. The predicted molar refractivity (Wildman–Crippen MR) is 98.5 cm³/mol. The first-order valence-corrected chi connectivity index (χ1v) is 9.35. The number of hydrogen-bond acceptors (Lipinski definition) is 4. The third-order valence-electron chi connectivity index (χ3n) is 5.32. The summed E-state index contributed by atoms with van der Waals surface area (Å²) < 4.78 is 38.3. The molecule has 10 heteroatoms. The number of nitrogens with one attached hydrogen (secondary N) is 2. The van der Waals surface area contributed by atoms with Crippen molar-refractivity contribution in [2.24, 2.45) is 0 Å². The molecular formula is C18H19ClF3N5O. The number of halogens is 4. The Labute approximate surface area is 164 Å². The molecule has 2 bridgehead atoms.